The van der Waals surface area contributed by atoms with E-state index in [1.165, 1.54) is 7.11 Å². The number of carbonyl (C=O) groups excluding carboxylic acids is 1. The highest BCUT2D eigenvalue weighted by molar-refractivity contribution is 6.46. The van der Waals surface area contributed by atoms with Crippen LogP contribution in [0.1, 0.15) is 20.8 Å². The molecule has 0 fully saturated rings. The van der Waals surface area contributed by atoms with Gasteiger partial charge in [0.15, 0.2) is 0 Å². The molecule has 0 saturated carbocycles. The summed E-state index contributed by atoms with van der Waals surface area (Å²) in [6, 6.07) is 0. The van der Waals surface area contributed by atoms with Gasteiger partial charge < -0.3 is 18.3 Å². The van der Waals surface area contributed by atoms with Crippen molar-refractivity contribution in [1.29, 1.82) is 0 Å². The highest BCUT2D eigenvalue weighted by atomic mass is 28.3. The van der Waals surface area contributed by atoms with Crippen molar-refractivity contribution in [3.05, 3.63) is 12.2 Å². The SMILES string of the molecule is C=C(C)C(=O)OC(C)[Si](OC)OCOCC. The molecule has 0 amide bonds. The molecule has 1 radical (unpaired) electrons. The van der Waals surface area contributed by atoms with Crippen LogP contribution in [0.5, 0.6) is 0 Å². The molecule has 0 aromatic heterocycles. The Morgan fingerprint density at radius 2 is 2.12 bits per heavy atom. The first-order chi connectivity index (χ1) is 7.52. The van der Waals surface area contributed by atoms with Crippen molar-refractivity contribution in [2.75, 3.05) is 20.5 Å². The van der Waals surface area contributed by atoms with Crippen molar-refractivity contribution >= 4 is 15.3 Å². The first-order valence-electron chi connectivity index (χ1n) is 5.00. The van der Waals surface area contributed by atoms with Gasteiger partial charge in [0.05, 0.1) is 0 Å². The lowest BCUT2D eigenvalue weighted by Crippen LogP contribution is -2.38. The summed E-state index contributed by atoms with van der Waals surface area (Å²) in [7, 11) is -0.152. The van der Waals surface area contributed by atoms with Gasteiger partial charge in [-0.2, -0.15) is 0 Å². The highest BCUT2D eigenvalue weighted by Crippen LogP contribution is 2.04. The normalized spacial score (nSPS) is 12.6. The first kappa shape index (κ1) is 15.3. The molecule has 0 bridgehead atoms. The van der Waals surface area contributed by atoms with Crippen LogP contribution in [-0.4, -0.2) is 41.5 Å². The van der Waals surface area contributed by atoms with E-state index < -0.39 is 21.0 Å². The maximum atomic E-state index is 11.3. The molecular weight excluding hydrogens is 228 g/mol. The fourth-order valence-electron chi connectivity index (χ4n) is 0.835. The van der Waals surface area contributed by atoms with Crippen molar-refractivity contribution in [2.24, 2.45) is 0 Å². The fourth-order valence-corrected chi connectivity index (χ4v) is 1.92. The quantitative estimate of drug-likeness (QED) is 0.212. The summed E-state index contributed by atoms with van der Waals surface area (Å²) in [6.07, 6.45) is 0. The molecular formula is C10H19O5Si. The molecule has 16 heavy (non-hydrogen) atoms. The van der Waals surface area contributed by atoms with Gasteiger partial charge in [0.2, 0.25) is 0 Å². The number of hydrogen-bond acceptors (Lipinski definition) is 5. The third kappa shape index (κ3) is 6.01. The molecule has 1 unspecified atom stereocenters. The second-order valence-corrected chi connectivity index (χ2v) is 5.25. The number of hydrogen-bond donors (Lipinski definition) is 0. The van der Waals surface area contributed by atoms with E-state index in [0.717, 1.165) is 0 Å². The van der Waals surface area contributed by atoms with E-state index in [2.05, 4.69) is 6.58 Å². The van der Waals surface area contributed by atoms with Crippen molar-refractivity contribution < 1.29 is 23.1 Å². The van der Waals surface area contributed by atoms with Crippen LogP contribution in [-0.2, 0) is 23.1 Å². The highest BCUT2D eigenvalue weighted by Gasteiger charge is 2.27. The van der Waals surface area contributed by atoms with Crippen LogP contribution in [0.15, 0.2) is 12.2 Å². The van der Waals surface area contributed by atoms with E-state index in [-0.39, 0.29) is 6.79 Å². The second-order valence-electron chi connectivity index (χ2n) is 3.11. The van der Waals surface area contributed by atoms with Crippen molar-refractivity contribution in [3.63, 3.8) is 0 Å². The molecule has 0 aliphatic rings. The Balaban J connectivity index is 4.04. The Labute approximate surface area is 98.2 Å². The maximum Gasteiger partial charge on any atom is 0.431 e. The van der Waals surface area contributed by atoms with E-state index in [0.29, 0.717) is 12.2 Å². The van der Waals surface area contributed by atoms with Gasteiger partial charge in [-0.1, -0.05) is 6.58 Å². The van der Waals surface area contributed by atoms with Gasteiger partial charge in [0, 0.05) is 19.3 Å². The van der Waals surface area contributed by atoms with E-state index in [9.17, 15) is 4.79 Å². The number of ether oxygens (including phenoxy) is 2. The summed E-state index contributed by atoms with van der Waals surface area (Å²) >= 11 is 0. The average Bonchev–Trinajstić information content (AvgIpc) is 2.24. The van der Waals surface area contributed by atoms with Gasteiger partial charge >= 0.3 is 15.3 Å². The minimum absolute atomic E-state index is 0.146. The minimum atomic E-state index is -1.67. The molecule has 0 aromatic rings. The Morgan fingerprint density at radius 3 is 2.56 bits per heavy atom. The van der Waals surface area contributed by atoms with Crippen molar-refractivity contribution in [1.82, 2.24) is 0 Å². The van der Waals surface area contributed by atoms with Crippen LogP contribution >= 0.6 is 0 Å². The van der Waals surface area contributed by atoms with E-state index >= 15 is 0 Å². The van der Waals surface area contributed by atoms with Crippen LogP contribution < -0.4 is 0 Å². The van der Waals surface area contributed by atoms with Gasteiger partial charge in [-0.25, -0.2) is 4.79 Å². The monoisotopic (exact) mass is 247 g/mol. The summed E-state index contributed by atoms with van der Waals surface area (Å²) < 4.78 is 20.6. The largest absolute Gasteiger partial charge is 0.458 e. The predicted octanol–water partition coefficient (Wildman–Crippen LogP) is 1.18. The number of esters is 1. The van der Waals surface area contributed by atoms with Crippen molar-refractivity contribution in [2.45, 2.75) is 26.5 Å². The lowest BCUT2D eigenvalue weighted by molar-refractivity contribution is -0.141. The maximum absolute atomic E-state index is 11.3. The fraction of sp³-hybridized carbons (Fsp3) is 0.700. The standard InChI is InChI=1S/C10H19O5Si/c1-6-13-7-14-16(12-5)9(4)15-10(11)8(2)3/h9H,2,6-7H2,1,3-5H3. The van der Waals surface area contributed by atoms with Crippen molar-refractivity contribution in [3.8, 4) is 0 Å². The van der Waals surface area contributed by atoms with Crippen LogP contribution in [0.3, 0.4) is 0 Å². The lowest BCUT2D eigenvalue weighted by atomic mass is 10.4. The van der Waals surface area contributed by atoms with Gasteiger partial charge in [-0.15, -0.1) is 0 Å². The Hall–Kier alpha value is -0.693. The third-order valence-electron chi connectivity index (χ3n) is 1.65. The van der Waals surface area contributed by atoms with Gasteiger partial charge in [-0.3, -0.25) is 0 Å². The zero-order valence-electron chi connectivity index (χ0n) is 10.2. The van der Waals surface area contributed by atoms with Gasteiger partial charge in [-0.05, 0) is 20.8 Å². The molecule has 0 aliphatic carbocycles. The molecule has 0 aromatic carbocycles. The minimum Gasteiger partial charge on any atom is -0.458 e. The van der Waals surface area contributed by atoms with Gasteiger partial charge in [0.1, 0.15) is 12.5 Å². The van der Waals surface area contributed by atoms with Crippen LogP contribution in [0.4, 0.5) is 0 Å². The molecule has 0 heterocycles. The van der Waals surface area contributed by atoms with Crippen LogP contribution in [0, 0.1) is 0 Å². The topological polar surface area (TPSA) is 54.0 Å². The molecule has 0 N–H and O–H groups in total. The third-order valence-corrected chi connectivity index (χ3v) is 3.24. The van der Waals surface area contributed by atoms with Crippen LogP contribution in [0.25, 0.3) is 0 Å². The zero-order valence-corrected chi connectivity index (χ0v) is 11.2. The Bertz CT molecular complexity index is 231. The number of carbonyl (C=O) groups is 1. The second kappa shape index (κ2) is 8.46. The summed E-state index contributed by atoms with van der Waals surface area (Å²) in [5.41, 5.74) is -0.0613. The summed E-state index contributed by atoms with van der Waals surface area (Å²) in [6.45, 7) is 9.40. The average molecular weight is 247 g/mol. The molecule has 5 nitrogen and oxygen atoms in total. The van der Waals surface area contributed by atoms with Crippen LogP contribution in [0.2, 0.25) is 0 Å². The Kier molecular flexibility index (Phi) is 8.09. The molecule has 1 atom stereocenters. The summed E-state index contributed by atoms with van der Waals surface area (Å²) in [5.74, 6) is -0.438. The van der Waals surface area contributed by atoms with Gasteiger partial charge in [0.25, 0.3) is 0 Å². The lowest BCUT2D eigenvalue weighted by Gasteiger charge is -2.19. The summed E-state index contributed by atoms with van der Waals surface area (Å²) in [5, 5.41) is 0. The predicted molar refractivity (Wildman–Crippen MR) is 60.7 cm³/mol. The number of rotatable bonds is 8. The van der Waals surface area contributed by atoms with E-state index in [1.807, 2.05) is 6.92 Å². The Morgan fingerprint density at radius 1 is 1.50 bits per heavy atom. The molecule has 0 rings (SSSR count). The van der Waals surface area contributed by atoms with E-state index in [1.54, 1.807) is 13.8 Å². The zero-order chi connectivity index (χ0) is 12.6. The summed E-state index contributed by atoms with van der Waals surface area (Å²) in [4.78, 5) is 11.3. The first-order valence-corrected chi connectivity index (χ1v) is 6.40. The molecule has 6 heteroatoms. The van der Waals surface area contributed by atoms with E-state index in [4.69, 9.17) is 18.3 Å². The molecule has 0 spiro atoms. The smallest absolute Gasteiger partial charge is 0.431 e. The molecule has 0 saturated heterocycles. The molecule has 93 valence electrons. The molecule has 0 aliphatic heterocycles.